The van der Waals surface area contributed by atoms with Crippen LogP contribution in [-0.4, -0.2) is 8.42 Å². The zero-order chi connectivity index (χ0) is 13.9. The minimum atomic E-state index is -3.76. The van der Waals surface area contributed by atoms with Crippen molar-refractivity contribution in [1.29, 1.82) is 0 Å². The standard InChI is InChI=1S/C13H15N3O2S/c14-9-10-4-3-5-11(8-10)16-12-6-1-2-7-13(12)19(15,17)18/h1-8,16H,9,14H2,(H2,15,17,18). The molecule has 19 heavy (non-hydrogen) atoms. The van der Waals surface area contributed by atoms with Crippen LogP contribution in [0, 0.1) is 0 Å². The first-order valence-electron chi connectivity index (χ1n) is 5.68. The van der Waals surface area contributed by atoms with E-state index in [1.54, 1.807) is 18.2 Å². The fourth-order valence-corrected chi connectivity index (χ4v) is 2.44. The van der Waals surface area contributed by atoms with Gasteiger partial charge in [-0.25, -0.2) is 13.6 Å². The molecule has 0 amide bonds. The summed E-state index contributed by atoms with van der Waals surface area (Å²) in [4.78, 5) is 0.0631. The van der Waals surface area contributed by atoms with Gasteiger partial charge in [-0.3, -0.25) is 0 Å². The molecule has 100 valence electrons. The van der Waals surface area contributed by atoms with E-state index in [1.807, 2.05) is 24.3 Å². The van der Waals surface area contributed by atoms with E-state index in [1.165, 1.54) is 6.07 Å². The molecule has 2 aromatic rings. The molecule has 5 nitrogen and oxygen atoms in total. The van der Waals surface area contributed by atoms with Gasteiger partial charge in [0.1, 0.15) is 4.90 Å². The largest absolute Gasteiger partial charge is 0.354 e. The van der Waals surface area contributed by atoms with Crippen molar-refractivity contribution in [3.8, 4) is 0 Å². The summed E-state index contributed by atoms with van der Waals surface area (Å²) in [6.45, 7) is 0.423. The summed E-state index contributed by atoms with van der Waals surface area (Å²) in [6, 6.07) is 13.9. The van der Waals surface area contributed by atoms with Crippen LogP contribution in [0.2, 0.25) is 0 Å². The second-order valence-electron chi connectivity index (χ2n) is 4.07. The van der Waals surface area contributed by atoms with Crippen LogP contribution >= 0.6 is 0 Å². The van der Waals surface area contributed by atoms with E-state index in [0.29, 0.717) is 12.2 Å². The molecule has 2 aromatic carbocycles. The Labute approximate surface area is 112 Å². The van der Waals surface area contributed by atoms with Crippen molar-refractivity contribution in [3.05, 3.63) is 54.1 Å². The summed E-state index contributed by atoms with van der Waals surface area (Å²) in [5, 5.41) is 8.22. The molecule has 0 aliphatic heterocycles. The van der Waals surface area contributed by atoms with Crippen LogP contribution in [-0.2, 0) is 16.6 Å². The molecule has 0 aliphatic carbocycles. The van der Waals surface area contributed by atoms with Gasteiger partial charge in [-0.1, -0.05) is 24.3 Å². The van der Waals surface area contributed by atoms with Gasteiger partial charge in [0.05, 0.1) is 5.69 Å². The highest BCUT2D eigenvalue weighted by Crippen LogP contribution is 2.24. The topological polar surface area (TPSA) is 98.2 Å². The van der Waals surface area contributed by atoms with Crippen molar-refractivity contribution in [3.63, 3.8) is 0 Å². The number of para-hydroxylation sites is 1. The van der Waals surface area contributed by atoms with Crippen molar-refractivity contribution in [2.45, 2.75) is 11.4 Å². The van der Waals surface area contributed by atoms with Gasteiger partial charge < -0.3 is 11.1 Å². The van der Waals surface area contributed by atoms with Crippen molar-refractivity contribution in [1.82, 2.24) is 0 Å². The number of sulfonamides is 1. The number of hydrogen-bond acceptors (Lipinski definition) is 4. The van der Waals surface area contributed by atoms with E-state index in [0.717, 1.165) is 11.3 Å². The van der Waals surface area contributed by atoms with Crippen molar-refractivity contribution >= 4 is 21.4 Å². The van der Waals surface area contributed by atoms with Crippen molar-refractivity contribution in [2.24, 2.45) is 10.9 Å². The monoisotopic (exact) mass is 277 g/mol. The summed E-state index contributed by atoms with van der Waals surface area (Å²) < 4.78 is 23.0. The van der Waals surface area contributed by atoms with Crippen LogP contribution < -0.4 is 16.2 Å². The predicted molar refractivity (Wildman–Crippen MR) is 75.4 cm³/mol. The summed E-state index contributed by atoms with van der Waals surface area (Å²) in [5.74, 6) is 0. The van der Waals surface area contributed by atoms with Gasteiger partial charge in [0, 0.05) is 12.2 Å². The summed E-state index contributed by atoms with van der Waals surface area (Å²) in [7, 11) is -3.76. The number of rotatable bonds is 4. The Morgan fingerprint density at radius 1 is 1.05 bits per heavy atom. The lowest BCUT2D eigenvalue weighted by molar-refractivity contribution is 0.598. The highest BCUT2D eigenvalue weighted by atomic mass is 32.2. The first-order chi connectivity index (χ1) is 9.00. The fourth-order valence-electron chi connectivity index (χ4n) is 1.75. The van der Waals surface area contributed by atoms with Crippen LogP contribution in [0.5, 0.6) is 0 Å². The van der Waals surface area contributed by atoms with E-state index >= 15 is 0 Å². The predicted octanol–water partition coefficient (Wildman–Crippen LogP) is 1.54. The molecule has 0 aliphatic rings. The number of nitrogens with two attached hydrogens (primary N) is 2. The molecule has 0 saturated carbocycles. The van der Waals surface area contributed by atoms with E-state index in [9.17, 15) is 8.42 Å². The maximum Gasteiger partial charge on any atom is 0.240 e. The van der Waals surface area contributed by atoms with Crippen LogP contribution in [0.15, 0.2) is 53.4 Å². The lowest BCUT2D eigenvalue weighted by Gasteiger charge is -2.11. The molecule has 0 aromatic heterocycles. The van der Waals surface area contributed by atoms with Gasteiger partial charge in [-0.15, -0.1) is 0 Å². The SMILES string of the molecule is NCc1cccc(Nc2ccccc2S(N)(=O)=O)c1. The van der Waals surface area contributed by atoms with Gasteiger partial charge in [-0.05, 0) is 29.8 Å². The molecule has 5 N–H and O–H groups in total. The lowest BCUT2D eigenvalue weighted by atomic mass is 10.2. The Morgan fingerprint density at radius 2 is 1.79 bits per heavy atom. The molecular formula is C13H15N3O2S. The van der Waals surface area contributed by atoms with Crippen molar-refractivity contribution in [2.75, 3.05) is 5.32 Å². The molecule has 0 saturated heterocycles. The molecule has 0 fully saturated rings. The Kier molecular flexibility index (Phi) is 3.84. The summed E-state index contributed by atoms with van der Waals surface area (Å²) >= 11 is 0. The number of hydrogen-bond donors (Lipinski definition) is 3. The molecule has 0 atom stereocenters. The first kappa shape index (κ1) is 13.5. The van der Waals surface area contributed by atoms with E-state index in [2.05, 4.69) is 5.32 Å². The maximum absolute atomic E-state index is 11.5. The van der Waals surface area contributed by atoms with Crippen LogP contribution in [0.25, 0.3) is 0 Å². The number of primary sulfonamides is 1. The van der Waals surface area contributed by atoms with E-state index in [-0.39, 0.29) is 4.90 Å². The lowest BCUT2D eigenvalue weighted by Crippen LogP contribution is -2.14. The highest BCUT2D eigenvalue weighted by molar-refractivity contribution is 7.89. The second-order valence-corrected chi connectivity index (χ2v) is 5.60. The zero-order valence-electron chi connectivity index (χ0n) is 10.2. The average molecular weight is 277 g/mol. The Balaban J connectivity index is 2.38. The number of nitrogens with one attached hydrogen (secondary N) is 1. The quantitative estimate of drug-likeness (QED) is 0.789. The normalized spacial score (nSPS) is 11.3. The third-order valence-electron chi connectivity index (χ3n) is 2.64. The zero-order valence-corrected chi connectivity index (χ0v) is 11.0. The minimum Gasteiger partial charge on any atom is -0.354 e. The first-order valence-corrected chi connectivity index (χ1v) is 7.23. The van der Waals surface area contributed by atoms with E-state index in [4.69, 9.17) is 10.9 Å². The summed E-state index contributed by atoms with van der Waals surface area (Å²) in [6.07, 6.45) is 0. The van der Waals surface area contributed by atoms with Crippen LogP contribution in [0.1, 0.15) is 5.56 Å². The van der Waals surface area contributed by atoms with Crippen LogP contribution in [0.4, 0.5) is 11.4 Å². The molecule has 0 spiro atoms. The van der Waals surface area contributed by atoms with E-state index < -0.39 is 10.0 Å². The average Bonchev–Trinajstić information content (AvgIpc) is 2.38. The Bertz CT molecular complexity index is 684. The second kappa shape index (κ2) is 5.40. The molecular weight excluding hydrogens is 262 g/mol. The Morgan fingerprint density at radius 3 is 2.47 bits per heavy atom. The fraction of sp³-hybridized carbons (Fsp3) is 0.0769. The number of benzene rings is 2. The third-order valence-corrected chi connectivity index (χ3v) is 3.60. The molecule has 2 rings (SSSR count). The molecule has 6 heteroatoms. The maximum atomic E-state index is 11.5. The number of anilines is 2. The van der Waals surface area contributed by atoms with Gasteiger partial charge in [0.15, 0.2) is 0 Å². The van der Waals surface area contributed by atoms with Gasteiger partial charge in [-0.2, -0.15) is 0 Å². The van der Waals surface area contributed by atoms with Crippen molar-refractivity contribution < 1.29 is 8.42 Å². The summed E-state index contributed by atoms with van der Waals surface area (Å²) in [5.41, 5.74) is 7.73. The molecule has 0 bridgehead atoms. The molecule has 0 unspecified atom stereocenters. The minimum absolute atomic E-state index is 0.0631. The van der Waals surface area contributed by atoms with Gasteiger partial charge in [0.25, 0.3) is 0 Å². The Hall–Kier alpha value is -1.89. The molecule has 0 radical (unpaired) electrons. The highest BCUT2D eigenvalue weighted by Gasteiger charge is 2.13. The van der Waals surface area contributed by atoms with Crippen LogP contribution in [0.3, 0.4) is 0 Å². The van der Waals surface area contributed by atoms with Gasteiger partial charge >= 0.3 is 0 Å². The van der Waals surface area contributed by atoms with Gasteiger partial charge in [0.2, 0.25) is 10.0 Å². The third kappa shape index (κ3) is 3.31. The smallest absolute Gasteiger partial charge is 0.240 e. The molecule has 0 heterocycles.